The molecular formula is C8H6BrN3OS. The molecule has 2 aromatic rings. The molecule has 0 aliphatic rings. The normalized spacial score (nSPS) is 10.4. The molecule has 0 radical (unpaired) electrons. The van der Waals surface area contributed by atoms with Crippen molar-refractivity contribution in [3.8, 4) is 11.5 Å². The van der Waals surface area contributed by atoms with Crippen molar-refractivity contribution in [3.63, 3.8) is 0 Å². The van der Waals surface area contributed by atoms with Gasteiger partial charge in [-0.2, -0.15) is 0 Å². The molecule has 0 fully saturated rings. The van der Waals surface area contributed by atoms with Crippen molar-refractivity contribution >= 4 is 27.3 Å². The minimum atomic E-state index is -0.194. The Morgan fingerprint density at radius 3 is 2.93 bits per heavy atom. The molecular weight excluding hydrogens is 266 g/mol. The highest BCUT2D eigenvalue weighted by atomic mass is 79.9. The predicted octanol–water partition coefficient (Wildman–Crippen LogP) is 1.96. The molecule has 0 aliphatic heterocycles. The minimum Gasteiger partial charge on any atom is -0.304 e. The van der Waals surface area contributed by atoms with Crippen LogP contribution in [0.1, 0.15) is 5.01 Å². The van der Waals surface area contributed by atoms with Crippen LogP contribution >= 0.6 is 27.3 Å². The molecule has 4 nitrogen and oxygen atoms in total. The van der Waals surface area contributed by atoms with Crippen LogP contribution < -0.4 is 5.56 Å². The monoisotopic (exact) mass is 271 g/mol. The lowest BCUT2D eigenvalue weighted by Gasteiger charge is -1.94. The van der Waals surface area contributed by atoms with Crippen molar-refractivity contribution in [2.75, 3.05) is 0 Å². The average molecular weight is 272 g/mol. The Hall–Kier alpha value is -1.01. The van der Waals surface area contributed by atoms with E-state index < -0.39 is 0 Å². The molecule has 14 heavy (non-hydrogen) atoms. The molecule has 0 bridgehead atoms. The Labute approximate surface area is 92.2 Å². The molecule has 0 aliphatic carbocycles. The van der Waals surface area contributed by atoms with Gasteiger partial charge in [-0.15, -0.1) is 11.3 Å². The number of hydrogen-bond donors (Lipinski definition) is 1. The zero-order valence-corrected chi connectivity index (χ0v) is 9.65. The van der Waals surface area contributed by atoms with Gasteiger partial charge in [0.1, 0.15) is 10.2 Å². The first-order valence-electron chi connectivity index (χ1n) is 3.84. The second-order valence-corrected chi connectivity index (χ2v) is 4.58. The van der Waals surface area contributed by atoms with E-state index in [9.17, 15) is 4.79 Å². The highest BCUT2D eigenvalue weighted by molar-refractivity contribution is 9.10. The van der Waals surface area contributed by atoms with Gasteiger partial charge < -0.3 is 4.98 Å². The van der Waals surface area contributed by atoms with Gasteiger partial charge in [-0.25, -0.2) is 9.97 Å². The number of thiazole rings is 1. The summed E-state index contributed by atoms with van der Waals surface area (Å²) >= 11 is 4.61. The Bertz CT molecular complexity index is 519. The second-order valence-electron chi connectivity index (χ2n) is 2.66. The molecule has 6 heteroatoms. The SMILES string of the molecule is Cc1nc(-c2ncc(Br)c(=O)[nH]2)cs1. The van der Waals surface area contributed by atoms with Gasteiger partial charge in [-0.3, -0.25) is 4.79 Å². The summed E-state index contributed by atoms with van der Waals surface area (Å²) in [6.07, 6.45) is 1.48. The number of halogens is 1. The van der Waals surface area contributed by atoms with Gasteiger partial charge in [-0.1, -0.05) is 0 Å². The summed E-state index contributed by atoms with van der Waals surface area (Å²) in [5.74, 6) is 0.502. The minimum absolute atomic E-state index is 0.194. The molecule has 0 atom stereocenters. The van der Waals surface area contributed by atoms with Crippen LogP contribution in [0.5, 0.6) is 0 Å². The molecule has 0 spiro atoms. The first kappa shape index (κ1) is 9.54. The van der Waals surface area contributed by atoms with Crippen molar-refractivity contribution in [3.05, 3.63) is 31.4 Å². The maximum Gasteiger partial charge on any atom is 0.265 e. The zero-order valence-electron chi connectivity index (χ0n) is 7.24. The summed E-state index contributed by atoms with van der Waals surface area (Å²) in [5, 5.41) is 2.81. The largest absolute Gasteiger partial charge is 0.304 e. The van der Waals surface area contributed by atoms with Gasteiger partial charge in [0, 0.05) is 11.6 Å². The Balaban J connectivity index is 2.53. The summed E-state index contributed by atoms with van der Waals surface area (Å²) in [6, 6.07) is 0. The van der Waals surface area contributed by atoms with E-state index in [0.717, 1.165) is 5.01 Å². The average Bonchev–Trinajstić information content (AvgIpc) is 2.57. The van der Waals surface area contributed by atoms with Crippen LogP contribution in [0, 0.1) is 6.92 Å². The van der Waals surface area contributed by atoms with E-state index in [1.165, 1.54) is 17.5 Å². The summed E-state index contributed by atoms with van der Waals surface area (Å²) in [6.45, 7) is 1.91. The van der Waals surface area contributed by atoms with E-state index in [-0.39, 0.29) is 5.56 Å². The third-order valence-electron chi connectivity index (χ3n) is 1.62. The van der Waals surface area contributed by atoms with E-state index in [1.54, 1.807) is 0 Å². The number of aryl methyl sites for hydroxylation is 1. The zero-order chi connectivity index (χ0) is 10.1. The van der Waals surface area contributed by atoms with Crippen molar-refractivity contribution in [2.45, 2.75) is 6.92 Å². The van der Waals surface area contributed by atoms with Crippen molar-refractivity contribution in [1.29, 1.82) is 0 Å². The number of aromatic amines is 1. The van der Waals surface area contributed by atoms with E-state index in [0.29, 0.717) is 16.0 Å². The summed E-state index contributed by atoms with van der Waals surface area (Å²) in [4.78, 5) is 22.2. The lowest BCUT2D eigenvalue weighted by molar-refractivity contribution is 1.09. The molecule has 0 saturated heterocycles. The second kappa shape index (κ2) is 3.62. The smallest absolute Gasteiger partial charge is 0.265 e. The lowest BCUT2D eigenvalue weighted by atomic mass is 10.4. The molecule has 0 saturated carbocycles. The maximum atomic E-state index is 11.3. The van der Waals surface area contributed by atoms with Crippen LogP contribution in [0.3, 0.4) is 0 Å². The summed E-state index contributed by atoms with van der Waals surface area (Å²) < 4.78 is 0.424. The topological polar surface area (TPSA) is 58.6 Å². The van der Waals surface area contributed by atoms with Crippen LogP contribution in [0.25, 0.3) is 11.5 Å². The number of aromatic nitrogens is 3. The van der Waals surface area contributed by atoms with Crippen LogP contribution in [-0.2, 0) is 0 Å². The van der Waals surface area contributed by atoms with E-state index in [1.807, 2.05) is 12.3 Å². The molecule has 2 rings (SSSR count). The van der Waals surface area contributed by atoms with Crippen LogP contribution in [0.2, 0.25) is 0 Å². The van der Waals surface area contributed by atoms with Gasteiger partial charge >= 0.3 is 0 Å². The third kappa shape index (κ3) is 1.76. The number of hydrogen-bond acceptors (Lipinski definition) is 4. The fraction of sp³-hybridized carbons (Fsp3) is 0.125. The molecule has 2 heterocycles. The van der Waals surface area contributed by atoms with Crippen molar-refractivity contribution < 1.29 is 0 Å². The molecule has 0 unspecified atom stereocenters. The number of nitrogens with one attached hydrogen (secondary N) is 1. The standard InChI is InChI=1S/C8H6BrN3OS/c1-4-11-6(3-14-4)7-10-2-5(9)8(13)12-7/h2-3H,1H3,(H,10,12,13). The van der Waals surface area contributed by atoms with Gasteiger partial charge in [0.25, 0.3) is 5.56 Å². The van der Waals surface area contributed by atoms with E-state index >= 15 is 0 Å². The Morgan fingerprint density at radius 2 is 2.36 bits per heavy atom. The number of H-pyrrole nitrogens is 1. The predicted molar refractivity (Wildman–Crippen MR) is 58.4 cm³/mol. The molecule has 1 N–H and O–H groups in total. The van der Waals surface area contributed by atoms with Crippen molar-refractivity contribution in [2.24, 2.45) is 0 Å². The van der Waals surface area contributed by atoms with Crippen LogP contribution in [0.4, 0.5) is 0 Å². The Kier molecular flexibility index (Phi) is 2.47. The van der Waals surface area contributed by atoms with Crippen molar-refractivity contribution in [1.82, 2.24) is 15.0 Å². The van der Waals surface area contributed by atoms with Crippen LogP contribution in [-0.4, -0.2) is 15.0 Å². The van der Waals surface area contributed by atoms with E-state index in [4.69, 9.17) is 0 Å². The molecule has 2 aromatic heterocycles. The first-order valence-corrected chi connectivity index (χ1v) is 5.51. The fourth-order valence-corrected chi connectivity index (χ4v) is 1.78. The molecule has 72 valence electrons. The highest BCUT2D eigenvalue weighted by Gasteiger charge is 2.05. The molecule has 0 amide bonds. The first-order chi connectivity index (χ1) is 6.66. The van der Waals surface area contributed by atoms with Gasteiger partial charge in [-0.05, 0) is 22.9 Å². The van der Waals surface area contributed by atoms with Gasteiger partial charge in [0.2, 0.25) is 0 Å². The number of nitrogens with zero attached hydrogens (tertiary/aromatic N) is 2. The summed E-state index contributed by atoms with van der Waals surface area (Å²) in [5.41, 5.74) is 0.512. The highest BCUT2D eigenvalue weighted by Crippen LogP contribution is 2.16. The molecule has 0 aromatic carbocycles. The van der Waals surface area contributed by atoms with Gasteiger partial charge in [0.15, 0.2) is 5.82 Å². The Morgan fingerprint density at radius 1 is 1.57 bits per heavy atom. The van der Waals surface area contributed by atoms with E-state index in [2.05, 4.69) is 30.9 Å². The van der Waals surface area contributed by atoms with Gasteiger partial charge in [0.05, 0.1) is 5.01 Å². The maximum absolute atomic E-state index is 11.3. The number of rotatable bonds is 1. The van der Waals surface area contributed by atoms with Crippen LogP contribution in [0.15, 0.2) is 20.8 Å². The summed E-state index contributed by atoms with van der Waals surface area (Å²) in [7, 11) is 0. The third-order valence-corrected chi connectivity index (χ3v) is 2.96. The fourth-order valence-electron chi connectivity index (χ4n) is 0.982. The quantitative estimate of drug-likeness (QED) is 0.863. The lowest BCUT2D eigenvalue weighted by Crippen LogP contribution is -2.08.